The summed E-state index contributed by atoms with van der Waals surface area (Å²) < 4.78 is 26.1. The highest BCUT2D eigenvalue weighted by Gasteiger charge is 2.20. The van der Waals surface area contributed by atoms with Gasteiger partial charge in [0.25, 0.3) is 10.0 Å². The van der Waals surface area contributed by atoms with Crippen molar-refractivity contribution in [2.75, 3.05) is 17.1 Å². The summed E-state index contributed by atoms with van der Waals surface area (Å²) in [6.07, 6.45) is 0. The van der Waals surface area contributed by atoms with Crippen molar-refractivity contribution in [1.29, 1.82) is 0 Å². The molecule has 19 heavy (non-hydrogen) atoms. The minimum absolute atomic E-state index is 0.228. The molecule has 0 atom stereocenters. The molecule has 0 fully saturated rings. The maximum Gasteiger partial charge on any atom is 0.264 e. The van der Waals surface area contributed by atoms with Crippen LogP contribution >= 0.6 is 0 Å². The molecule has 0 aliphatic carbocycles. The zero-order chi connectivity index (χ0) is 14.0. The predicted molar refractivity (Wildman–Crippen MR) is 77.6 cm³/mol. The van der Waals surface area contributed by atoms with Crippen molar-refractivity contribution < 1.29 is 8.42 Å². The van der Waals surface area contributed by atoms with E-state index in [0.717, 1.165) is 5.56 Å². The zero-order valence-electron chi connectivity index (χ0n) is 10.9. The summed E-state index contributed by atoms with van der Waals surface area (Å²) >= 11 is 0. The molecule has 0 saturated heterocycles. The smallest absolute Gasteiger partial charge is 0.264 e. The first-order valence-corrected chi connectivity index (χ1v) is 7.26. The van der Waals surface area contributed by atoms with E-state index in [1.807, 2.05) is 25.1 Å². The van der Waals surface area contributed by atoms with Crippen molar-refractivity contribution >= 4 is 21.4 Å². The molecular formula is C14H16N2O2S. The third-order valence-electron chi connectivity index (χ3n) is 2.90. The lowest BCUT2D eigenvalue weighted by molar-refractivity contribution is 0.594. The Balaban J connectivity index is 2.42. The molecule has 0 unspecified atom stereocenters. The lowest BCUT2D eigenvalue weighted by Crippen LogP contribution is -2.26. The second-order valence-electron chi connectivity index (χ2n) is 4.38. The van der Waals surface area contributed by atoms with Gasteiger partial charge < -0.3 is 5.73 Å². The average Bonchev–Trinajstić information content (AvgIpc) is 2.38. The van der Waals surface area contributed by atoms with Gasteiger partial charge in [-0.3, -0.25) is 4.31 Å². The van der Waals surface area contributed by atoms with Gasteiger partial charge in [0, 0.05) is 12.7 Å². The second-order valence-corrected chi connectivity index (χ2v) is 6.35. The molecule has 0 amide bonds. The Labute approximate surface area is 113 Å². The Kier molecular flexibility index (Phi) is 3.48. The first-order chi connectivity index (χ1) is 8.91. The summed E-state index contributed by atoms with van der Waals surface area (Å²) in [6.45, 7) is 1.92. The molecule has 0 radical (unpaired) electrons. The summed E-state index contributed by atoms with van der Waals surface area (Å²) in [5, 5.41) is 0. The molecule has 5 heteroatoms. The van der Waals surface area contributed by atoms with E-state index in [0.29, 0.717) is 11.4 Å². The van der Waals surface area contributed by atoms with Gasteiger partial charge in [-0.2, -0.15) is 0 Å². The highest BCUT2D eigenvalue weighted by atomic mass is 32.2. The topological polar surface area (TPSA) is 63.4 Å². The van der Waals surface area contributed by atoms with E-state index in [2.05, 4.69) is 0 Å². The summed E-state index contributed by atoms with van der Waals surface area (Å²) in [5.41, 5.74) is 7.75. The van der Waals surface area contributed by atoms with Crippen LogP contribution in [0.5, 0.6) is 0 Å². The Bertz CT molecular complexity index is 679. The quantitative estimate of drug-likeness (QED) is 0.876. The fourth-order valence-corrected chi connectivity index (χ4v) is 2.95. The predicted octanol–water partition coefficient (Wildman–Crippen LogP) is 2.40. The Morgan fingerprint density at radius 1 is 1.05 bits per heavy atom. The van der Waals surface area contributed by atoms with E-state index < -0.39 is 10.0 Å². The van der Waals surface area contributed by atoms with E-state index in [1.165, 1.54) is 16.4 Å². The highest BCUT2D eigenvalue weighted by molar-refractivity contribution is 7.92. The zero-order valence-corrected chi connectivity index (χ0v) is 11.7. The van der Waals surface area contributed by atoms with Crippen molar-refractivity contribution in [1.82, 2.24) is 0 Å². The van der Waals surface area contributed by atoms with Crippen LogP contribution in [0.1, 0.15) is 5.56 Å². The normalized spacial score (nSPS) is 11.3. The maximum absolute atomic E-state index is 12.4. The third-order valence-corrected chi connectivity index (χ3v) is 4.70. The largest absolute Gasteiger partial charge is 0.399 e. The number of aryl methyl sites for hydroxylation is 1. The van der Waals surface area contributed by atoms with Crippen LogP contribution in [0.3, 0.4) is 0 Å². The number of anilines is 2. The molecule has 0 aliphatic rings. The van der Waals surface area contributed by atoms with Gasteiger partial charge >= 0.3 is 0 Å². The fourth-order valence-electron chi connectivity index (χ4n) is 1.76. The number of nitrogens with two attached hydrogens (primary N) is 1. The van der Waals surface area contributed by atoms with Gasteiger partial charge in [-0.05, 0) is 48.9 Å². The van der Waals surface area contributed by atoms with Gasteiger partial charge in [-0.15, -0.1) is 0 Å². The van der Waals surface area contributed by atoms with E-state index in [-0.39, 0.29) is 4.90 Å². The summed E-state index contributed by atoms with van der Waals surface area (Å²) in [5.74, 6) is 0. The average molecular weight is 276 g/mol. The third kappa shape index (κ3) is 2.71. The second kappa shape index (κ2) is 4.93. The van der Waals surface area contributed by atoms with Crippen molar-refractivity contribution in [3.8, 4) is 0 Å². The Morgan fingerprint density at radius 3 is 2.26 bits per heavy atom. The van der Waals surface area contributed by atoms with Crippen LogP contribution in [-0.4, -0.2) is 15.5 Å². The molecule has 2 aromatic carbocycles. The van der Waals surface area contributed by atoms with Crippen LogP contribution in [0.4, 0.5) is 11.4 Å². The fraction of sp³-hybridized carbons (Fsp3) is 0.143. The number of rotatable bonds is 3. The van der Waals surface area contributed by atoms with Gasteiger partial charge in [0.15, 0.2) is 0 Å². The molecule has 0 aromatic heterocycles. The highest BCUT2D eigenvalue weighted by Crippen LogP contribution is 2.23. The number of nitrogen functional groups attached to an aromatic ring is 1. The summed E-state index contributed by atoms with van der Waals surface area (Å²) in [7, 11) is -2.01. The molecule has 0 saturated carbocycles. The van der Waals surface area contributed by atoms with E-state index in [9.17, 15) is 8.42 Å². The standard InChI is InChI=1S/C14H16N2O2S/c1-11-4-3-5-13(10-11)16(2)19(17,18)14-8-6-12(15)7-9-14/h3-10H,15H2,1-2H3. The van der Waals surface area contributed by atoms with E-state index in [1.54, 1.807) is 25.2 Å². The van der Waals surface area contributed by atoms with Crippen LogP contribution in [0, 0.1) is 6.92 Å². The van der Waals surface area contributed by atoms with Crippen molar-refractivity contribution in [2.45, 2.75) is 11.8 Å². The molecule has 100 valence electrons. The first-order valence-electron chi connectivity index (χ1n) is 5.82. The minimum Gasteiger partial charge on any atom is -0.399 e. The first kappa shape index (κ1) is 13.4. The lowest BCUT2D eigenvalue weighted by atomic mass is 10.2. The monoisotopic (exact) mass is 276 g/mol. The van der Waals surface area contributed by atoms with Gasteiger partial charge in [-0.1, -0.05) is 12.1 Å². The van der Waals surface area contributed by atoms with Crippen LogP contribution in [0.15, 0.2) is 53.4 Å². The molecule has 4 nitrogen and oxygen atoms in total. The van der Waals surface area contributed by atoms with E-state index in [4.69, 9.17) is 5.73 Å². The molecule has 0 heterocycles. The molecule has 2 rings (SSSR count). The van der Waals surface area contributed by atoms with E-state index >= 15 is 0 Å². The number of hydrogen-bond donors (Lipinski definition) is 1. The Hall–Kier alpha value is -2.01. The minimum atomic E-state index is -3.55. The molecular weight excluding hydrogens is 260 g/mol. The van der Waals surface area contributed by atoms with Gasteiger partial charge in [0.05, 0.1) is 10.6 Å². The summed E-state index contributed by atoms with van der Waals surface area (Å²) in [4.78, 5) is 0.228. The van der Waals surface area contributed by atoms with Crippen molar-refractivity contribution in [3.63, 3.8) is 0 Å². The van der Waals surface area contributed by atoms with Crippen molar-refractivity contribution in [3.05, 3.63) is 54.1 Å². The molecule has 0 spiro atoms. The molecule has 2 N–H and O–H groups in total. The van der Waals surface area contributed by atoms with Gasteiger partial charge in [-0.25, -0.2) is 8.42 Å². The van der Waals surface area contributed by atoms with Gasteiger partial charge in [0.2, 0.25) is 0 Å². The Morgan fingerprint density at radius 2 is 1.68 bits per heavy atom. The maximum atomic E-state index is 12.4. The summed E-state index contributed by atoms with van der Waals surface area (Å²) in [6, 6.07) is 13.5. The molecule has 0 aliphatic heterocycles. The van der Waals surface area contributed by atoms with Gasteiger partial charge in [0.1, 0.15) is 0 Å². The van der Waals surface area contributed by atoms with Crippen LogP contribution in [0.25, 0.3) is 0 Å². The number of hydrogen-bond acceptors (Lipinski definition) is 3. The molecule has 0 bridgehead atoms. The number of benzene rings is 2. The number of sulfonamides is 1. The number of nitrogens with zero attached hydrogens (tertiary/aromatic N) is 1. The van der Waals surface area contributed by atoms with Crippen LogP contribution in [0.2, 0.25) is 0 Å². The molecule has 2 aromatic rings. The SMILES string of the molecule is Cc1cccc(N(C)S(=O)(=O)c2ccc(N)cc2)c1. The lowest BCUT2D eigenvalue weighted by Gasteiger charge is -2.20. The van der Waals surface area contributed by atoms with Crippen molar-refractivity contribution in [2.24, 2.45) is 0 Å². The van der Waals surface area contributed by atoms with Crippen LogP contribution < -0.4 is 10.0 Å². The van der Waals surface area contributed by atoms with Crippen LogP contribution in [-0.2, 0) is 10.0 Å².